The molecule has 1 aromatic carbocycles. The van der Waals surface area contributed by atoms with Gasteiger partial charge in [0.1, 0.15) is 6.04 Å². The Labute approximate surface area is 186 Å². The number of hydrogen-bond acceptors (Lipinski definition) is 5. The fourth-order valence-corrected chi connectivity index (χ4v) is 4.27. The summed E-state index contributed by atoms with van der Waals surface area (Å²) in [6.45, 7) is 0. The molecule has 1 atom stereocenters. The highest BCUT2D eigenvalue weighted by atomic mass is 19.4. The van der Waals surface area contributed by atoms with Crippen LogP contribution in [0.25, 0.3) is 6.08 Å². The lowest BCUT2D eigenvalue weighted by Crippen LogP contribution is -2.33. The van der Waals surface area contributed by atoms with Crippen molar-refractivity contribution in [2.75, 3.05) is 26.5 Å². The first-order valence-electron chi connectivity index (χ1n) is 10.8. The summed E-state index contributed by atoms with van der Waals surface area (Å²) < 4.78 is 42.1. The highest BCUT2D eigenvalue weighted by Crippen LogP contribution is 2.37. The fourth-order valence-electron chi connectivity index (χ4n) is 4.27. The lowest BCUT2D eigenvalue weighted by Gasteiger charge is -2.27. The Bertz CT molecular complexity index is 928. The number of hydrogen-bond donors (Lipinski definition) is 2. The lowest BCUT2D eigenvalue weighted by atomic mass is 9.95. The maximum atomic E-state index is 13.4. The van der Waals surface area contributed by atoms with Crippen molar-refractivity contribution in [3.8, 4) is 0 Å². The van der Waals surface area contributed by atoms with Crippen LogP contribution in [0.15, 0.2) is 30.5 Å². The molecule has 0 aliphatic heterocycles. The van der Waals surface area contributed by atoms with Crippen LogP contribution in [0.5, 0.6) is 0 Å². The number of anilines is 2. The molecule has 0 spiro atoms. The number of nitrogens with zero attached hydrogens (tertiary/aromatic N) is 3. The second-order valence-corrected chi connectivity index (χ2v) is 8.28. The highest BCUT2D eigenvalue weighted by Gasteiger charge is 2.42. The van der Waals surface area contributed by atoms with Crippen LogP contribution in [0, 0.1) is 0 Å². The van der Waals surface area contributed by atoms with E-state index in [1.54, 1.807) is 25.4 Å². The van der Waals surface area contributed by atoms with E-state index in [0.29, 0.717) is 22.8 Å². The Kier molecular flexibility index (Phi) is 7.60. The number of benzene rings is 1. The van der Waals surface area contributed by atoms with Crippen LogP contribution in [0.1, 0.15) is 65.8 Å². The van der Waals surface area contributed by atoms with Crippen LogP contribution in [-0.4, -0.2) is 48.3 Å². The summed E-state index contributed by atoms with van der Waals surface area (Å²) in [5, 5.41) is 10.7. The number of aldehydes is 1. The van der Waals surface area contributed by atoms with E-state index in [4.69, 9.17) is 0 Å². The predicted molar refractivity (Wildman–Crippen MR) is 120 cm³/mol. The molecule has 1 unspecified atom stereocenters. The molecule has 0 saturated heterocycles. The first-order chi connectivity index (χ1) is 15.3. The van der Waals surface area contributed by atoms with E-state index >= 15 is 0 Å². The van der Waals surface area contributed by atoms with E-state index < -0.39 is 12.2 Å². The largest absolute Gasteiger partial charge is 0.408 e. The molecule has 1 fully saturated rings. The molecule has 2 N–H and O–H groups in total. The quantitative estimate of drug-likeness (QED) is 0.536. The normalized spacial score (nSPS) is 16.5. The standard InChI is InChI=1S/C23H30F3N5O/c1-27-14-13-20-19(15-32)22(29-31(20)18-7-5-4-6-8-18)28-17-11-9-16(10-12-17)21(30(2)3)23(24,25)26/h9-15,18,21,27H,4-8H2,1-3H3,(H,28,29)/b14-13-. The van der Waals surface area contributed by atoms with Gasteiger partial charge in [0, 0.05) is 12.7 Å². The van der Waals surface area contributed by atoms with E-state index in [0.717, 1.165) is 36.9 Å². The van der Waals surface area contributed by atoms with E-state index in [2.05, 4.69) is 15.7 Å². The minimum absolute atomic E-state index is 0.147. The minimum atomic E-state index is -4.38. The number of halogens is 3. The van der Waals surface area contributed by atoms with Crippen LogP contribution in [-0.2, 0) is 0 Å². The molecule has 1 aliphatic carbocycles. The third kappa shape index (κ3) is 5.32. The maximum absolute atomic E-state index is 13.4. The first kappa shape index (κ1) is 23.8. The molecule has 174 valence electrons. The first-order valence-corrected chi connectivity index (χ1v) is 10.8. The van der Waals surface area contributed by atoms with Crippen molar-refractivity contribution >= 4 is 23.9 Å². The molecule has 1 saturated carbocycles. The van der Waals surface area contributed by atoms with Crippen molar-refractivity contribution in [3.63, 3.8) is 0 Å². The van der Waals surface area contributed by atoms with Gasteiger partial charge in [0.25, 0.3) is 0 Å². The second-order valence-electron chi connectivity index (χ2n) is 8.28. The summed E-state index contributed by atoms with van der Waals surface area (Å²) in [5.41, 5.74) is 1.85. The van der Waals surface area contributed by atoms with Crippen LogP contribution in [0.3, 0.4) is 0 Å². The van der Waals surface area contributed by atoms with Gasteiger partial charge in [-0.05, 0) is 56.9 Å². The summed E-state index contributed by atoms with van der Waals surface area (Å²) in [6.07, 6.45) is 5.39. The van der Waals surface area contributed by atoms with E-state index in [9.17, 15) is 18.0 Å². The Morgan fingerprint density at radius 3 is 2.34 bits per heavy atom. The summed E-state index contributed by atoms with van der Waals surface area (Å²) in [4.78, 5) is 13.1. The van der Waals surface area contributed by atoms with Gasteiger partial charge in [-0.25, -0.2) is 0 Å². The fraction of sp³-hybridized carbons (Fsp3) is 0.478. The highest BCUT2D eigenvalue weighted by molar-refractivity contribution is 5.89. The molecule has 0 radical (unpaired) electrons. The predicted octanol–water partition coefficient (Wildman–Crippen LogP) is 5.30. The number of aromatic nitrogens is 2. The van der Waals surface area contributed by atoms with Gasteiger partial charge in [-0.15, -0.1) is 0 Å². The third-order valence-corrected chi connectivity index (χ3v) is 5.75. The van der Waals surface area contributed by atoms with Gasteiger partial charge in [-0.1, -0.05) is 31.4 Å². The van der Waals surface area contributed by atoms with Crippen LogP contribution in [0.4, 0.5) is 24.7 Å². The number of carbonyl (C=O) groups is 1. The second kappa shape index (κ2) is 10.2. The van der Waals surface area contributed by atoms with Gasteiger partial charge >= 0.3 is 6.18 Å². The molecule has 1 heterocycles. The maximum Gasteiger partial charge on any atom is 0.408 e. The summed E-state index contributed by atoms with van der Waals surface area (Å²) >= 11 is 0. The average Bonchev–Trinajstić information content (AvgIpc) is 3.10. The molecule has 6 nitrogen and oxygen atoms in total. The molecule has 0 bridgehead atoms. The summed E-state index contributed by atoms with van der Waals surface area (Å²) in [7, 11) is 4.58. The van der Waals surface area contributed by atoms with Gasteiger partial charge in [0.2, 0.25) is 0 Å². The third-order valence-electron chi connectivity index (χ3n) is 5.75. The van der Waals surface area contributed by atoms with Gasteiger partial charge in [0.05, 0.1) is 17.3 Å². The van der Waals surface area contributed by atoms with Crippen molar-refractivity contribution in [1.82, 2.24) is 20.0 Å². The Morgan fingerprint density at radius 2 is 1.81 bits per heavy atom. The molecule has 32 heavy (non-hydrogen) atoms. The van der Waals surface area contributed by atoms with Gasteiger partial charge < -0.3 is 10.6 Å². The van der Waals surface area contributed by atoms with E-state index in [1.165, 1.54) is 32.6 Å². The zero-order chi connectivity index (χ0) is 23.3. The molecular formula is C23H30F3N5O. The molecule has 1 aromatic heterocycles. The number of rotatable bonds is 8. The Balaban J connectivity index is 1.92. The van der Waals surface area contributed by atoms with Crippen LogP contribution >= 0.6 is 0 Å². The molecule has 2 aromatic rings. The summed E-state index contributed by atoms with van der Waals surface area (Å²) in [6, 6.07) is 4.57. The van der Waals surface area contributed by atoms with Crippen LogP contribution < -0.4 is 10.6 Å². The minimum Gasteiger partial charge on any atom is -0.394 e. The molecule has 0 amide bonds. The topological polar surface area (TPSA) is 62.2 Å². The number of nitrogens with one attached hydrogen (secondary N) is 2. The SMILES string of the molecule is CN/C=C\c1c(C=O)c(Nc2ccc(C(N(C)C)C(F)(F)F)cc2)nn1C1CCCCC1. The Morgan fingerprint density at radius 1 is 1.16 bits per heavy atom. The monoisotopic (exact) mass is 449 g/mol. The smallest absolute Gasteiger partial charge is 0.394 e. The zero-order valence-corrected chi connectivity index (χ0v) is 18.6. The van der Waals surface area contributed by atoms with Crippen molar-refractivity contribution in [1.29, 1.82) is 0 Å². The summed E-state index contributed by atoms with van der Waals surface area (Å²) in [5.74, 6) is 0.397. The van der Waals surface area contributed by atoms with Crippen molar-refractivity contribution < 1.29 is 18.0 Å². The zero-order valence-electron chi connectivity index (χ0n) is 18.6. The van der Waals surface area contributed by atoms with Crippen molar-refractivity contribution in [3.05, 3.63) is 47.3 Å². The van der Waals surface area contributed by atoms with Gasteiger partial charge in [-0.2, -0.15) is 18.3 Å². The van der Waals surface area contributed by atoms with E-state index in [1.807, 2.05) is 10.8 Å². The molecule has 3 rings (SSSR count). The molecule has 1 aliphatic rings. The van der Waals surface area contributed by atoms with Crippen molar-refractivity contribution in [2.45, 2.75) is 50.4 Å². The lowest BCUT2D eigenvalue weighted by molar-refractivity contribution is -0.179. The van der Waals surface area contributed by atoms with E-state index in [-0.39, 0.29) is 11.6 Å². The van der Waals surface area contributed by atoms with Gasteiger partial charge in [0.15, 0.2) is 12.1 Å². The van der Waals surface area contributed by atoms with Crippen LogP contribution in [0.2, 0.25) is 0 Å². The average molecular weight is 450 g/mol. The Hall–Kier alpha value is -2.81. The number of carbonyl (C=O) groups excluding carboxylic acids is 1. The molecule has 9 heteroatoms. The number of alkyl halides is 3. The molecular weight excluding hydrogens is 419 g/mol. The van der Waals surface area contributed by atoms with Gasteiger partial charge in [-0.3, -0.25) is 14.4 Å². The van der Waals surface area contributed by atoms with Crippen molar-refractivity contribution in [2.24, 2.45) is 0 Å².